The van der Waals surface area contributed by atoms with Gasteiger partial charge in [0.05, 0.1) is 6.04 Å². The van der Waals surface area contributed by atoms with Gasteiger partial charge in [0.1, 0.15) is 0 Å². The predicted octanol–water partition coefficient (Wildman–Crippen LogP) is 2.39. The minimum absolute atomic E-state index is 0. The molecule has 3 rings (SSSR count). The number of aromatic nitrogens is 1. The van der Waals surface area contributed by atoms with E-state index in [9.17, 15) is 4.79 Å². The quantitative estimate of drug-likeness (QED) is 0.858. The van der Waals surface area contributed by atoms with Crippen molar-refractivity contribution in [1.29, 1.82) is 0 Å². The zero-order valence-corrected chi connectivity index (χ0v) is 14.9. The van der Waals surface area contributed by atoms with Gasteiger partial charge in [0, 0.05) is 18.1 Å². The first-order valence-electron chi connectivity index (χ1n) is 7.48. The first kappa shape index (κ1) is 19.6. The summed E-state index contributed by atoms with van der Waals surface area (Å²) in [6, 6.07) is 0.0359. The molecular formula is C14H24Cl2N4OS. The van der Waals surface area contributed by atoms with Crippen LogP contribution in [0.15, 0.2) is 11.6 Å². The van der Waals surface area contributed by atoms with Crippen LogP contribution in [0.4, 0.5) is 5.13 Å². The molecule has 2 saturated heterocycles. The van der Waals surface area contributed by atoms with Crippen LogP contribution in [0, 0.1) is 5.92 Å². The maximum atomic E-state index is 12.4. The van der Waals surface area contributed by atoms with Crippen molar-refractivity contribution < 1.29 is 4.79 Å². The summed E-state index contributed by atoms with van der Waals surface area (Å²) < 4.78 is 0. The van der Waals surface area contributed by atoms with E-state index in [2.05, 4.69) is 20.5 Å². The van der Waals surface area contributed by atoms with E-state index in [0.717, 1.165) is 44.9 Å². The molecule has 3 heterocycles. The summed E-state index contributed by atoms with van der Waals surface area (Å²) in [4.78, 5) is 18.9. The molecule has 5 nitrogen and oxygen atoms in total. The fraction of sp³-hybridized carbons (Fsp3) is 0.714. The van der Waals surface area contributed by atoms with E-state index in [1.165, 1.54) is 24.2 Å². The highest BCUT2D eigenvalue weighted by atomic mass is 35.5. The number of amides is 1. The van der Waals surface area contributed by atoms with Crippen molar-refractivity contribution in [2.24, 2.45) is 5.92 Å². The first-order valence-corrected chi connectivity index (χ1v) is 8.36. The van der Waals surface area contributed by atoms with Crippen LogP contribution >= 0.6 is 36.2 Å². The second kappa shape index (κ2) is 9.67. The molecule has 1 amide bonds. The van der Waals surface area contributed by atoms with Gasteiger partial charge >= 0.3 is 0 Å². The summed E-state index contributed by atoms with van der Waals surface area (Å²) in [6.07, 6.45) is 6.29. The van der Waals surface area contributed by atoms with Crippen LogP contribution in [0.3, 0.4) is 0 Å². The van der Waals surface area contributed by atoms with Gasteiger partial charge in [-0.15, -0.1) is 36.2 Å². The van der Waals surface area contributed by atoms with Gasteiger partial charge in [-0.2, -0.15) is 0 Å². The largest absolute Gasteiger partial charge is 0.317 e. The normalized spacial score (nSPS) is 22.6. The number of nitrogens with zero attached hydrogens (tertiary/aromatic N) is 2. The molecule has 1 unspecified atom stereocenters. The Balaban J connectivity index is 0.00000121. The summed E-state index contributed by atoms with van der Waals surface area (Å²) in [5, 5.41) is 8.94. The second-order valence-corrected chi connectivity index (χ2v) is 6.57. The zero-order chi connectivity index (χ0) is 13.8. The molecule has 0 saturated carbocycles. The molecule has 1 aromatic heterocycles. The predicted molar refractivity (Wildman–Crippen MR) is 95.4 cm³/mol. The van der Waals surface area contributed by atoms with E-state index >= 15 is 0 Å². The Morgan fingerprint density at radius 1 is 1.36 bits per heavy atom. The molecule has 0 spiro atoms. The van der Waals surface area contributed by atoms with Crippen LogP contribution < -0.4 is 10.6 Å². The Morgan fingerprint density at radius 2 is 2.14 bits per heavy atom. The number of hydrogen-bond donors (Lipinski definition) is 2. The van der Waals surface area contributed by atoms with Crippen molar-refractivity contribution >= 4 is 47.2 Å². The molecule has 2 aliphatic rings. The summed E-state index contributed by atoms with van der Waals surface area (Å²) in [7, 11) is 0. The van der Waals surface area contributed by atoms with E-state index in [1.54, 1.807) is 6.20 Å². The lowest BCUT2D eigenvalue weighted by Crippen LogP contribution is -2.43. The van der Waals surface area contributed by atoms with E-state index in [1.807, 2.05) is 5.38 Å². The fourth-order valence-corrected chi connectivity index (χ4v) is 3.74. The third kappa shape index (κ3) is 5.06. The number of hydrogen-bond acceptors (Lipinski definition) is 5. The topological polar surface area (TPSA) is 57.3 Å². The molecule has 1 atom stereocenters. The van der Waals surface area contributed by atoms with E-state index in [-0.39, 0.29) is 36.8 Å². The highest BCUT2D eigenvalue weighted by molar-refractivity contribution is 7.13. The van der Waals surface area contributed by atoms with E-state index in [0.29, 0.717) is 5.13 Å². The summed E-state index contributed by atoms with van der Waals surface area (Å²) in [5.74, 6) is 0.857. The smallest absolute Gasteiger partial charge is 0.243 e. The van der Waals surface area contributed by atoms with Crippen LogP contribution in [-0.2, 0) is 4.79 Å². The van der Waals surface area contributed by atoms with Gasteiger partial charge in [-0.3, -0.25) is 9.69 Å². The minimum Gasteiger partial charge on any atom is -0.317 e. The molecule has 2 aliphatic heterocycles. The Hall–Kier alpha value is -0.400. The van der Waals surface area contributed by atoms with Crippen molar-refractivity contribution in [1.82, 2.24) is 15.2 Å². The van der Waals surface area contributed by atoms with Crippen LogP contribution in [-0.4, -0.2) is 48.0 Å². The molecule has 1 aromatic rings. The van der Waals surface area contributed by atoms with E-state index < -0.39 is 0 Å². The van der Waals surface area contributed by atoms with Gasteiger partial charge < -0.3 is 10.6 Å². The second-order valence-electron chi connectivity index (χ2n) is 5.67. The third-order valence-electron chi connectivity index (χ3n) is 4.28. The molecule has 22 heavy (non-hydrogen) atoms. The molecule has 2 N–H and O–H groups in total. The lowest BCUT2D eigenvalue weighted by Gasteiger charge is -2.30. The number of thiazole rings is 1. The number of rotatable bonds is 4. The maximum absolute atomic E-state index is 12.4. The SMILES string of the molecule is Cl.Cl.O=C(Nc1nccs1)C1CCCN1CC1CCNCC1. The number of carbonyl (C=O) groups is 1. The molecular weight excluding hydrogens is 343 g/mol. The molecule has 126 valence electrons. The van der Waals surface area contributed by atoms with Crippen LogP contribution in [0.25, 0.3) is 0 Å². The number of carbonyl (C=O) groups excluding carboxylic acids is 1. The molecule has 0 bridgehead atoms. The van der Waals surface area contributed by atoms with E-state index in [4.69, 9.17) is 0 Å². The van der Waals surface area contributed by atoms with Gasteiger partial charge in [-0.25, -0.2) is 4.98 Å². The first-order chi connectivity index (χ1) is 9.83. The van der Waals surface area contributed by atoms with Gasteiger partial charge in [-0.1, -0.05) is 0 Å². The monoisotopic (exact) mass is 366 g/mol. The average molecular weight is 367 g/mol. The molecule has 8 heteroatoms. The summed E-state index contributed by atoms with van der Waals surface area (Å²) >= 11 is 1.48. The van der Waals surface area contributed by atoms with Crippen molar-refractivity contribution in [3.63, 3.8) is 0 Å². The summed E-state index contributed by atoms with van der Waals surface area (Å²) in [6.45, 7) is 4.36. The van der Waals surface area contributed by atoms with Crippen LogP contribution in [0.2, 0.25) is 0 Å². The number of piperidine rings is 1. The number of likely N-dealkylation sites (tertiary alicyclic amines) is 1. The van der Waals surface area contributed by atoms with Crippen molar-refractivity contribution in [3.05, 3.63) is 11.6 Å². The van der Waals surface area contributed by atoms with Crippen molar-refractivity contribution in [3.8, 4) is 0 Å². The Labute approximate surface area is 148 Å². The number of anilines is 1. The lowest BCUT2D eigenvalue weighted by molar-refractivity contribution is -0.120. The number of nitrogens with one attached hydrogen (secondary N) is 2. The maximum Gasteiger partial charge on any atom is 0.243 e. The fourth-order valence-electron chi connectivity index (χ4n) is 3.21. The summed E-state index contributed by atoms with van der Waals surface area (Å²) in [5.41, 5.74) is 0. The molecule has 2 fully saturated rings. The Bertz CT molecular complexity index is 440. The highest BCUT2D eigenvalue weighted by Crippen LogP contribution is 2.23. The van der Waals surface area contributed by atoms with Crippen LogP contribution in [0.1, 0.15) is 25.7 Å². The third-order valence-corrected chi connectivity index (χ3v) is 4.97. The van der Waals surface area contributed by atoms with Gasteiger partial charge in [-0.05, 0) is 51.2 Å². The van der Waals surface area contributed by atoms with Gasteiger partial charge in [0.15, 0.2) is 5.13 Å². The van der Waals surface area contributed by atoms with Gasteiger partial charge in [0.2, 0.25) is 5.91 Å². The van der Waals surface area contributed by atoms with Crippen LogP contribution in [0.5, 0.6) is 0 Å². The standard InChI is InChI=1S/C14H22N4OS.2ClH/c19-13(17-14-16-7-9-20-14)12-2-1-8-18(12)10-11-3-5-15-6-4-11;;/h7,9,11-12,15H,1-6,8,10H2,(H,16,17,19);2*1H. The van der Waals surface area contributed by atoms with Crippen molar-refractivity contribution in [2.45, 2.75) is 31.7 Å². The highest BCUT2D eigenvalue weighted by Gasteiger charge is 2.32. The average Bonchev–Trinajstić information content (AvgIpc) is 3.11. The molecule has 0 radical (unpaired) electrons. The Kier molecular flexibility index (Phi) is 8.64. The van der Waals surface area contributed by atoms with Crippen molar-refractivity contribution in [2.75, 3.05) is 31.5 Å². The minimum atomic E-state index is 0. The number of halogens is 2. The Morgan fingerprint density at radius 3 is 2.82 bits per heavy atom. The molecule has 0 aromatic carbocycles. The molecule has 0 aliphatic carbocycles. The zero-order valence-electron chi connectivity index (χ0n) is 12.5. The van der Waals surface area contributed by atoms with Gasteiger partial charge in [0.25, 0.3) is 0 Å². The lowest BCUT2D eigenvalue weighted by atomic mass is 9.97.